The normalized spacial score (nSPS) is 35.8. The zero-order valence-corrected chi connectivity index (χ0v) is 9.76. The smallest absolute Gasteiger partial charge is 0.00103 e. The van der Waals surface area contributed by atoms with Crippen LogP contribution in [0.5, 0.6) is 0 Å². The Morgan fingerprint density at radius 2 is 2.07 bits per heavy atom. The van der Waals surface area contributed by atoms with Gasteiger partial charge in [-0.25, -0.2) is 0 Å². The summed E-state index contributed by atoms with van der Waals surface area (Å²) in [6.07, 6.45) is 9.11. The molecule has 0 heterocycles. The van der Waals surface area contributed by atoms with Crippen molar-refractivity contribution < 1.29 is 0 Å². The van der Waals surface area contributed by atoms with Gasteiger partial charge in [-0.15, -0.1) is 0 Å². The molecule has 0 aromatic carbocycles. The molecular weight excluding hydrogens is 170 g/mol. The third-order valence-corrected chi connectivity index (χ3v) is 4.19. The lowest BCUT2D eigenvalue weighted by Gasteiger charge is -2.21. The molecule has 2 aliphatic carbocycles. The maximum absolute atomic E-state index is 3.51. The van der Waals surface area contributed by atoms with Crippen molar-refractivity contribution in [2.75, 3.05) is 6.54 Å². The van der Waals surface area contributed by atoms with E-state index >= 15 is 0 Å². The summed E-state index contributed by atoms with van der Waals surface area (Å²) in [6.45, 7) is 5.70. The van der Waals surface area contributed by atoms with E-state index in [0.717, 1.165) is 17.8 Å². The Labute approximate surface area is 88.7 Å². The molecule has 1 N–H and O–H groups in total. The molecule has 3 atom stereocenters. The maximum atomic E-state index is 3.51. The van der Waals surface area contributed by atoms with E-state index in [0.29, 0.717) is 6.04 Å². The summed E-state index contributed by atoms with van der Waals surface area (Å²) in [4.78, 5) is 0. The Hall–Kier alpha value is -0.0400. The Morgan fingerprint density at radius 1 is 1.21 bits per heavy atom. The quantitative estimate of drug-likeness (QED) is 0.664. The number of hydrogen-bond donors (Lipinski definition) is 1. The molecule has 0 saturated heterocycles. The first kappa shape index (κ1) is 10.5. The summed E-state index contributed by atoms with van der Waals surface area (Å²) in [5, 5.41) is 3.51. The Balaban J connectivity index is 1.58. The second kappa shape index (κ2) is 4.65. The van der Waals surface area contributed by atoms with Crippen molar-refractivity contribution in [2.24, 2.45) is 17.8 Å². The van der Waals surface area contributed by atoms with Crippen LogP contribution in [0.25, 0.3) is 0 Å². The van der Waals surface area contributed by atoms with Gasteiger partial charge in [-0.2, -0.15) is 0 Å². The van der Waals surface area contributed by atoms with Crippen LogP contribution in [-0.4, -0.2) is 12.6 Å². The minimum Gasteiger partial charge on any atom is -0.315 e. The number of hydrogen-bond acceptors (Lipinski definition) is 1. The summed E-state index contributed by atoms with van der Waals surface area (Å²) in [7, 11) is 0. The molecule has 2 fully saturated rings. The lowest BCUT2D eigenvalue weighted by Crippen LogP contribution is -2.24. The summed E-state index contributed by atoms with van der Waals surface area (Å²) >= 11 is 0. The van der Waals surface area contributed by atoms with Crippen molar-refractivity contribution in [3.05, 3.63) is 0 Å². The van der Waals surface area contributed by atoms with E-state index in [-0.39, 0.29) is 0 Å². The molecule has 1 heteroatoms. The van der Waals surface area contributed by atoms with Gasteiger partial charge in [0.05, 0.1) is 0 Å². The molecule has 0 radical (unpaired) electrons. The van der Waals surface area contributed by atoms with Gasteiger partial charge in [-0.05, 0) is 56.4 Å². The van der Waals surface area contributed by atoms with Crippen LogP contribution < -0.4 is 5.32 Å². The molecular formula is C13H25N. The summed E-state index contributed by atoms with van der Waals surface area (Å²) in [5.41, 5.74) is 0. The Kier molecular flexibility index (Phi) is 3.48. The first-order valence-electron chi connectivity index (χ1n) is 6.49. The average molecular weight is 195 g/mol. The summed E-state index contributed by atoms with van der Waals surface area (Å²) < 4.78 is 0. The third kappa shape index (κ3) is 2.50. The molecule has 2 saturated carbocycles. The SMILES string of the molecule is CC(C)NCCCC1CC2CCC1C2. The predicted octanol–water partition coefficient (Wildman–Crippen LogP) is 3.20. The van der Waals surface area contributed by atoms with E-state index in [1.807, 2.05) is 0 Å². The number of rotatable bonds is 5. The molecule has 2 rings (SSSR count). The fraction of sp³-hybridized carbons (Fsp3) is 1.00. The molecule has 0 amide bonds. The lowest BCUT2D eigenvalue weighted by atomic mass is 9.85. The van der Waals surface area contributed by atoms with Crippen molar-refractivity contribution >= 4 is 0 Å². The van der Waals surface area contributed by atoms with Gasteiger partial charge in [0.1, 0.15) is 0 Å². The van der Waals surface area contributed by atoms with Gasteiger partial charge >= 0.3 is 0 Å². The average Bonchev–Trinajstić information content (AvgIpc) is 2.73. The van der Waals surface area contributed by atoms with Crippen molar-refractivity contribution in [1.29, 1.82) is 0 Å². The zero-order chi connectivity index (χ0) is 9.97. The fourth-order valence-electron chi connectivity index (χ4n) is 3.49. The number of nitrogens with one attached hydrogen (secondary N) is 1. The van der Waals surface area contributed by atoms with Crippen LogP contribution in [0, 0.1) is 17.8 Å². The van der Waals surface area contributed by atoms with Gasteiger partial charge < -0.3 is 5.32 Å². The lowest BCUT2D eigenvalue weighted by molar-refractivity contribution is 0.305. The van der Waals surface area contributed by atoms with E-state index in [9.17, 15) is 0 Å². The van der Waals surface area contributed by atoms with Crippen LogP contribution in [0.3, 0.4) is 0 Å². The minimum absolute atomic E-state index is 0.662. The summed E-state index contributed by atoms with van der Waals surface area (Å²) in [6, 6.07) is 0.662. The molecule has 2 bridgehead atoms. The van der Waals surface area contributed by atoms with Crippen LogP contribution in [0.2, 0.25) is 0 Å². The highest BCUT2D eigenvalue weighted by Crippen LogP contribution is 2.49. The molecule has 14 heavy (non-hydrogen) atoms. The Morgan fingerprint density at radius 3 is 2.64 bits per heavy atom. The van der Waals surface area contributed by atoms with Crippen molar-refractivity contribution in [3.63, 3.8) is 0 Å². The highest BCUT2D eigenvalue weighted by molar-refractivity contribution is 4.89. The first-order chi connectivity index (χ1) is 6.75. The van der Waals surface area contributed by atoms with Crippen molar-refractivity contribution in [1.82, 2.24) is 5.32 Å². The van der Waals surface area contributed by atoms with Gasteiger partial charge in [-0.1, -0.05) is 20.3 Å². The topological polar surface area (TPSA) is 12.0 Å². The van der Waals surface area contributed by atoms with Crippen molar-refractivity contribution in [3.8, 4) is 0 Å². The van der Waals surface area contributed by atoms with E-state index in [4.69, 9.17) is 0 Å². The van der Waals surface area contributed by atoms with Gasteiger partial charge in [0, 0.05) is 6.04 Å². The minimum atomic E-state index is 0.662. The molecule has 0 aromatic rings. The highest BCUT2D eigenvalue weighted by Gasteiger charge is 2.38. The van der Waals surface area contributed by atoms with Crippen LogP contribution in [0.4, 0.5) is 0 Å². The molecule has 3 unspecified atom stereocenters. The maximum Gasteiger partial charge on any atom is 0.00103 e. The van der Waals surface area contributed by atoms with E-state index in [1.165, 1.54) is 19.4 Å². The van der Waals surface area contributed by atoms with E-state index < -0.39 is 0 Å². The van der Waals surface area contributed by atoms with Crippen molar-refractivity contribution in [2.45, 2.75) is 58.4 Å². The first-order valence-corrected chi connectivity index (χ1v) is 6.49. The van der Waals surface area contributed by atoms with Crippen LogP contribution in [0.1, 0.15) is 52.4 Å². The number of fused-ring (bicyclic) bond motifs is 2. The second-order valence-electron chi connectivity index (χ2n) is 5.69. The van der Waals surface area contributed by atoms with Gasteiger partial charge in [-0.3, -0.25) is 0 Å². The highest BCUT2D eigenvalue weighted by atomic mass is 14.9. The molecule has 1 nitrogen and oxygen atoms in total. The van der Waals surface area contributed by atoms with E-state index in [1.54, 1.807) is 25.7 Å². The van der Waals surface area contributed by atoms with Gasteiger partial charge in [0.25, 0.3) is 0 Å². The molecule has 82 valence electrons. The summed E-state index contributed by atoms with van der Waals surface area (Å²) in [5.74, 6) is 3.35. The molecule has 0 aromatic heterocycles. The van der Waals surface area contributed by atoms with E-state index in [2.05, 4.69) is 19.2 Å². The van der Waals surface area contributed by atoms with Crippen LogP contribution >= 0.6 is 0 Å². The third-order valence-electron chi connectivity index (χ3n) is 4.19. The fourth-order valence-corrected chi connectivity index (χ4v) is 3.49. The van der Waals surface area contributed by atoms with Gasteiger partial charge in [0.2, 0.25) is 0 Å². The molecule has 0 aliphatic heterocycles. The molecule has 0 spiro atoms. The molecule has 2 aliphatic rings. The van der Waals surface area contributed by atoms with Crippen LogP contribution in [-0.2, 0) is 0 Å². The largest absolute Gasteiger partial charge is 0.315 e. The Bertz CT molecular complexity index is 176. The standard InChI is InChI=1S/C13H25N/c1-10(2)14-7-3-4-12-8-11-5-6-13(12)9-11/h10-14H,3-9H2,1-2H3. The van der Waals surface area contributed by atoms with Crippen LogP contribution in [0.15, 0.2) is 0 Å². The second-order valence-corrected chi connectivity index (χ2v) is 5.69. The monoisotopic (exact) mass is 195 g/mol. The van der Waals surface area contributed by atoms with Gasteiger partial charge in [0.15, 0.2) is 0 Å². The predicted molar refractivity (Wildman–Crippen MR) is 61.3 cm³/mol. The zero-order valence-electron chi connectivity index (χ0n) is 9.76.